The maximum atomic E-state index is 12.9. The van der Waals surface area contributed by atoms with E-state index in [1.807, 2.05) is 24.3 Å². The molecule has 1 saturated heterocycles. The Morgan fingerprint density at radius 1 is 0.964 bits per heavy atom. The van der Waals surface area contributed by atoms with Crippen molar-refractivity contribution < 1.29 is 8.42 Å². The van der Waals surface area contributed by atoms with Crippen molar-refractivity contribution in [2.24, 2.45) is 0 Å². The number of anilines is 1. The number of sulfonamides is 1. The predicted molar refractivity (Wildman–Crippen MR) is 116 cm³/mol. The van der Waals surface area contributed by atoms with Gasteiger partial charge in [-0.1, -0.05) is 42.5 Å². The summed E-state index contributed by atoms with van der Waals surface area (Å²) in [5.41, 5.74) is 2.29. The molecule has 5 nitrogen and oxygen atoms in total. The highest BCUT2D eigenvalue weighted by molar-refractivity contribution is 9.10. The maximum Gasteiger partial charge on any atom is 0.244 e. The second kappa shape index (κ2) is 8.32. The number of thiazole rings is 1. The van der Waals surface area contributed by atoms with Gasteiger partial charge in [-0.05, 0) is 33.6 Å². The fourth-order valence-corrected chi connectivity index (χ4v) is 6.51. The normalized spacial score (nSPS) is 15.7. The Morgan fingerprint density at radius 2 is 1.64 bits per heavy atom. The lowest BCUT2D eigenvalue weighted by Gasteiger charge is -2.34. The van der Waals surface area contributed by atoms with Gasteiger partial charge in [-0.2, -0.15) is 4.31 Å². The Labute approximate surface area is 177 Å². The first-order valence-corrected chi connectivity index (χ1v) is 12.1. The minimum Gasteiger partial charge on any atom is -0.345 e. The third kappa shape index (κ3) is 4.15. The zero-order valence-corrected chi connectivity index (χ0v) is 18.4. The second-order valence-electron chi connectivity index (χ2n) is 6.61. The molecule has 4 rings (SSSR count). The molecule has 1 fully saturated rings. The summed E-state index contributed by atoms with van der Waals surface area (Å²) >= 11 is 4.97. The number of hydrogen-bond acceptors (Lipinski definition) is 5. The van der Waals surface area contributed by atoms with Crippen molar-refractivity contribution in [3.63, 3.8) is 0 Å². The van der Waals surface area contributed by atoms with Crippen LogP contribution in [0.15, 0.2) is 69.3 Å². The van der Waals surface area contributed by atoms with Gasteiger partial charge in [0, 0.05) is 42.5 Å². The van der Waals surface area contributed by atoms with Gasteiger partial charge < -0.3 is 4.90 Å². The number of nitrogens with zero attached hydrogens (tertiary/aromatic N) is 3. The van der Waals surface area contributed by atoms with Crippen molar-refractivity contribution in [1.82, 2.24) is 9.29 Å². The highest BCUT2D eigenvalue weighted by Crippen LogP contribution is 2.28. The Balaban J connectivity index is 1.41. The van der Waals surface area contributed by atoms with Crippen LogP contribution in [-0.4, -0.2) is 43.9 Å². The minimum atomic E-state index is -3.49. The molecule has 146 valence electrons. The number of piperazine rings is 1. The average Bonchev–Trinajstić information content (AvgIpc) is 3.17. The number of halogens is 1. The number of hydrogen-bond donors (Lipinski definition) is 0. The Kier molecular flexibility index (Phi) is 5.82. The van der Waals surface area contributed by atoms with Gasteiger partial charge in [0.2, 0.25) is 10.0 Å². The van der Waals surface area contributed by atoms with Crippen LogP contribution in [0.5, 0.6) is 0 Å². The number of benzene rings is 2. The lowest BCUT2D eigenvalue weighted by Crippen LogP contribution is -2.48. The molecule has 2 heterocycles. The van der Waals surface area contributed by atoms with Crippen LogP contribution < -0.4 is 4.90 Å². The first-order valence-electron chi connectivity index (χ1n) is 9.02. The summed E-state index contributed by atoms with van der Waals surface area (Å²) in [4.78, 5) is 7.25. The van der Waals surface area contributed by atoms with Crippen molar-refractivity contribution in [2.45, 2.75) is 11.3 Å². The zero-order chi connectivity index (χ0) is 19.6. The number of rotatable bonds is 5. The number of aromatic nitrogens is 1. The maximum absolute atomic E-state index is 12.9. The van der Waals surface area contributed by atoms with E-state index in [-0.39, 0.29) is 0 Å². The van der Waals surface area contributed by atoms with E-state index in [4.69, 9.17) is 4.98 Å². The molecule has 0 amide bonds. The molecule has 0 bridgehead atoms. The fourth-order valence-electron chi connectivity index (χ4n) is 3.24. The van der Waals surface area contributed by atoms with E-state index in [1.165, 1.54) is 5.56 Å². The monoisotopic (exact) mass is 477 g/mol. The summed E-state index contributed by atoms with van der Waals surface area (Å²) in [6.45, 7) is 2.19. The van der Waals surface area contributed by atoms with E-state index in [0.717, 1.165) is 17.2 Å². The lowest BCUT2D eigenvalue weighted by molar-refractivity contribution is 0.384. The van der Waals surface area contributed by atoms with Crippen LogP contribution in [0.25, 0.3) is 0 Å². The molecule has 0 radical (unpaired) electrons. The second-order valence-corrected chi connectivity index (χ2v) is 10.2. The van der Waals surface area contributed by atoms with Crippen LogP contribution in [0.2, 0.25) is 0 Å². The first-order chi connectivity index (χ1) is 13.5. The molecule has 0 aliphatic carbocycles. The van der Waals surface area contributed by atoms with Crippen LogP contribution >= 0.6 is 27.3 Å². The summed E-state index contributed by atoms with van der Waals surface area (Å²) in [6, 6.07) is 17.2. The molecule has 0 saturated carbocycles. The third-order valence-electron chi connectivity index (χ3n) is 4.73. The van der Waals surface area contributed by atoms with Crippen LogP contribution in [0.3, 0.4) is 0 Å². The molecule has 28 heavy (non-hydrogen) atoms. The van der Waals surface area contributed by atoms with Crippen LogP contribution in [0, 0.1) is 0 Å². The van der Waals surface area contributed by atoms with Gasteiger partial charge >= 0.3 is 0 Å². The Hall–Kier alpha value is -1.74. The van der Waals surface area contributed by atoms with Gasteiger partial charge in [0.15, 0.2) is 5.13 Å². The SMILES string of the molecule is O=S(=O)(c1ccccc1Br)N1CCN(c2nc(Cc3ccccc3)cs2)CC1. The summed E-state index contributed by atoms with van der Waals surface area (Å²) in [7, 11) is -3.49. The molecule has 1 aliphatic heterocycles. The van der Waals surface area contributed by atoms with E-state index in [2.05, 4.69) is 38.3 Å². The molecule has 0 spiro atoms. The molecular formula is C20H20BrN3O2S2. The first kappa shape index (κ1) is 19.6. The summed E-state index contributed by atoms with van der Waals surface area (Å²) in [5, 5.41) is 3.05. The highest BCUT2D eigenvalue weighted by atomic mass is 79.9. The molecule has 0 N–H and O–H groups in total. The van der Waals surface area contributed by atoms with Crippen molar-refractivity contribution in [3.8, 4) is 0 Å². The molecule has 8 heteroatoms. The summed E-state index contributed by atoms with van der Waals surface area (Å²) < 4.78 is 28.0. The van der Waals surface area contributed by atoms with Gasteiger partial charge in [-0.15, -0.1) is 11.3 Å². The standard InChI is InChI=1S/C20H20BrN3O2S2/c21-18-8-4-5-9-19(18)28(25,26)24-12-10-23(11-13-24)20-22-17(15-27-20)14-16-6-2-1-3-7-16/h1-9,15H,10-14H2. The largest absolute Gasteiger partial charge is 0.345 e. The van der Waals surface area contributed by atoms with Crippen LogP contribution in [-0.2, 0) is 16.4 Å². The fraction of sp³-hybridized carbons (Fsp3) is 0.250. The van der Waals surface area contributed by atoms with E-state index >= 15 is 0 Å². The lowest BCUT2D eigenvalue weighted by atomic mass is 10.1. The van der Waals surface area contributed by atoms with Gasteiger partial charge in [0.1, 0.15) is 0 Å². The molecule has 2 aromatic carbocycles. The van der Waals surface area contributed by atoms with E-state index < -0.39 is 10.0 Å². The predicted octanol–water partition coefficient (Wildman–Crippen LogP) is 4.01. The van der Waals surface area contributed by atoms with E-state index in [9.17, 15) is 8.42 Å². The Morgan fingerprint density at radius 3 is 2.36 bits per heavy atom. The molecule has 0 unspecified atom stereocenters. The van der Waals surface area contributed by atoms with Crippen molar-refractivity contribution >= 4 is 42.4 Å². The van der Waals surface area contributed by atoms with Crippen LogP contribution in [0.4, 0.5) is 5.13 Å². The molecule has 1 aromatic heterocycles. The molecule has 0 atom stereocenters. The summed E-state index contributed by atoms with van der Waals surface area (Å²) in [6.07, 6.45) is 0.813. The molecular weight excluding hydrogens is 458 g/mol. The van der Waals surface area contributed by atoms with Gasteiger partial charge in [-0.25, -0.2) is 13.4 Å². The quantitative estimate of drug-likeness (QED) is 0.556. The van der Waals surface area contributed by atoms with Gasteiger partial charge in [-0.3, -0.25) is 0 Å². The highest BCUT2D eigenvalue weighted by Gasteiger charge is 2.30. The molecule has 1 aliphatic rings. The van der Waals surface area contributed by atoms with Gasteiger partial charge in [0.25, 0.3) is 0 Å². The third-order valence-corrected chi connectivity index (χ3v) is 8.59. The smallest absolute Gasteiger partial charge is 0.244 e. The minimum absolute atomic E-state index is 0.322. The van der Waals surface area contributed by atoms with E-state index in [1.54, 1.807) is 33.8 Å². The van der Waals surface area contributed by atoms with Crippen molar-refractivity contribution in [3.05, 3.63) is 75.7 Å². The van der Waals surface area contributed by atoms with E-state index in [0.29, 0.717) is 35.5 Å². The molecule has 3 aromatic rings. The van der Waals surface area contributed by atoms with Crippen LogP contribution in [0.1, 0.15) is 11.3 Å². The summed E-state index contributed by atoms with van der Waals surface area (Å²) in [5.74, 6) is 0. The Bertz CT molecular complexity index is 1050. The van der Waals surface area contributed by atoms with Crippen molar-refractivity contribution in [2.75, 3.05) is 31.1 Å². The zero-order valence-electron chi connectivity index (χ0n) is 15.2. The van der Waals surface area contributed by atoms with Crippen molar-refractivity contribution in [1.29, 1.82) is 0 Å². The van der Waals surface area contributed by atoms with Gasteiger partial charge in [0.05, 0.1) is 10.6 Å². The topological polar surface area (TPSA) is 53.5 Å². The average molecular weight is 478 g/mol.